The van der Waals surface area contributed by atoms with Crippen LogP contribution in [-0.2, 0) is 0 Å². The van der Waals surface area contributed by atoms with Crippen LogP contribution in [0.25, 0.3) is 0 Å². The summed E-state index contributed by atoms with van der Waals surface area (Å²) in [6.45, 7) is 3.27. The molecule has 112 valence electrons. The Morgan fingerprint density at radius 3 is 2.65 bits per heavy atom. The molecule has 0 amide bonds. The quantitative estimate of drug-likeness (QED) is 0.841. The number of hydrogen-bond donors (Lipinski definition) is 1. The molecule has 0 radical (unpaired) electrons. The van der Waals surface area contributed by atoms with Crippen molar-refractivity contribution in [2.75, 3.05) is 6.54 Å². The maximum Gasteiger partial charge on any atom is 0.138 e. The second-order valence-electron chi connectivity index (χ2n) is 5.64. The summed E-state index contributed by atoms with van der Waals surface area (Å²) < 4.78 is 6.24. The van der Waals surface area contributed by atoms with Gasteiger partial charge in [0.2, 0.25) is 0 Å². The topological polar surface area (TPSA) is 21.3 Å². The van der Waals surface area contributed by atoms with E-state index in [-0.39, 0.29) is 6.10 Å². The van der Waals surface area contributed by atoms with Crippen molar-refractivity contribution >= 4 is 11.6 Å². The molecule has 1 aliphatic rings. The van der Waals surface area contributed by atoms with Crippen molar-refractivity contribution < 1.29 is 4.74 Å². The van der Waals surface area contributed by atoms with Gasteiger partial charge < -0.3 is 10.1 Å². The minimum atomic E-state index is 0.238. The van der Waals surface area contributed by atoms with Crippen LogP contribution in [0.15, 0.2) is 24.3 Å². The van der Waals surface area contributed by atoms with E-state index in [4.69, 9.17) is 16.3 Å². The Labute approximate surface area is 127 Å². The van der Waals surface area contributed by atoms with Gasteiger partial charge in [0.1, 0.15) is 11.9 Å². The van der Waals surface area contributed by atoms with Gasteiger partial charge in [0.25, 0.3) is 0 Å². The normalized spacial score (nSPS) is 23.9. The van der Waals surface area contributed by atoms with Gasteiger partial charge in [-0.3, -0.25) is 0 Å². The monoisotopic (exact) mass is 295 g/mol. The zero-order valence-corrected chi connectivity index (χ0v) is 13.2. The molecule has 2 rings (SSSR count). The van der Waals surface area contributed by atoms with Crippen LogP contribution in [0.2, 0.25) is 5.02 Å². The van der Waals surface area contributed by atoms with Crippen molar-refractivity contribution in [2.45, 2.75) is 64.0 Å². The minimum absolute atomic E-state index is 0.238. The van der Waals surface area contributed by atoms with Crippen LogP contribution in [0, 0.1) is 0 Å². The zero-order chi connectivity index (χ0) is 14.2. The smallest absolute Gasteiger partial charge is 0.138 e. The molecule has 0 heterocycles. The Hall–Kier alpha value is -0.730. The number of ether oxygens (including phenoxy) is 1. The van der Waals surface area contributed by atoms with Crippen LogP contribution in [0.5, 0.6) is 5.75 Å². The minimum Gasteiger partial charge on any atom is -0.487 e. The third-order valence-electron chi connectivity index (χ3n) is 3.97. The van der Waals surface area contributed by atoms with Crippen molar-refractivity contribution in [3.63, 3.8) is 0 Å². The lowest BCUT2D eigenvalue weighted by Gasteiger charge is -2.31. The van der Waals surface area contributed by atoms with Crippen molar-refractivity contribution in [3.8, 4) is 5.75 Å². The summed E-state index contributed by atoms with van der Waals surface area (Å²) in [6, 6.07) is 8.25. The summed E-state index contributed by atoms with van der Waals surface area (Å²) in [7, 11) is 0. The van der Waals surface area contributed by atoms with Gasteiger partial charge in [-0.05, 0) is 44.4 Å². The summed E-state index contributed by atoms with van der Waals surface area (Å²) in [5.74, 6) is 0.822. The highest BCUT2D eigenvalue weighted by Crippen LogP contribution is 2.28. The Bertz CT molecular complexity index is 394. The molecule has 0 aromatic heterocycles. The third-order valence-corrected chi connectivity index (χ3v) is 4.29. The highest BCUT2D eigenvalue weighted by molar-refractivity contribution is 6.32. The molecule has 0 spiro atoms. The first-order chi connectivity index (χ1) is 9.81. The Kier molecular flexibility index (Phi) is 6.68. The first kappa shape index (κ1) is 15.7. The molecular formula is C17H26ClNO. The number of para-hydroxylation sites is 1. The molecule has 1 aromatic carbocycles. The summed E-state index contributed by atoms with van der Waals surface area (Å²) in [6.07, 6.45) is 8.94. The molecule has 1 saturated carbocycles. The lowest BCUT2D eigenvalue weighted by molar-refractivity contribution is 0.127. The molecule has 0 aliphatic heterocycles. The van der Waals surface area contributed by atoms with Gasteiger partial charge in [-0.2, -0.15) is 0 Å². The van der Waals surface area contributed by atoms with E-state index >= 15 is 0 Å². The van der Waals surface area contributed by atoms with E-state index in [0.29, 0.717) is 11.1 Å². The summed E-state index contributed by atoms with van der Waals surface area (Å²) >= 11 is 6.22. The fourth-order valence-corrected chi connectivity index (χ4v) is 3.04. The van der Waals surface area contributed by atoms with Crippen LogP contribution in [0.3, 0.4) is 0 Å². The van der Waals surface area contributed by atoms with Gasteiger partial charge in [-0.1, -0.05) is 49.9 Å². The van der Waals surface area contributed by atoms with E-state index in [1.54, 1.807) is 0 Å². The third kappa shape index (κ3) is 4.68. The molecule has 2 nitrogen and oxygen atoms in total. The van der Waals surface area contributed by atoms with E-state index in [2.05, 4.69) is 12.2 Å². The molecule has 1 N–H and O–H groups in total. The summed E-state index contributed by atoms with van der Waals surface area (Å²) in [5, 5.41) is 4.37. The van der Waals surface area contributed by atoms with Crippen molar-refractivity contribution in [2.24, 2.45) is 0 Å². The number of hydrogen-bond acceptors (Lipinski definition) is 2. The molecule has 0 bridgehead atoms. The Balaban J connectivity index is 2.04. The SMILES string of the molecule is CCCNC1CCCCCCC1Oc1ccccc1Cl. The molecule has 1 aliphatic carbocycles. The average Bonchev–Trinajstić information content (AvgIpc) is 2.43. The highest BCUT2D eigenvalue weighted by atomic mass is 35.5. The molecule has 1 aromatic rings. The Morgan fingerprint density at radius 2 is 1.90 bits per heavy atom. The average molecular weight is 296 g/mol. The van der Waals surface area contributed by atoms with Gasteiger partial charge in [0.05, 0.1) is 5.02 Å². The maximum atomic E-state index is 6.24. The van der Waals surface area contributed by atoms with Gasteiger partial charge in [-0.25, -0.2) is 0 Å². The van der Waals surface area contributed by atoms with Crippen LogP contribution >= 0.6 is 11.6 Å². The number of rotatable bonds is 5. The molecule has 20 heavy (non-hydrogen) atoms. The predicted molar refractivity (Wildman–Crippen MR) is 85.7 cm³/mol. The molecule has 0 saturated heterocycles. The second-order valence-corrected chi connectivity index (χ2v) is 6.05. The van der Waals surface area contributed by atoms with E-state index in [9.17, 15) is 0 Å². The fraction of sp³-hybridized carbons (Fsp3) is 0.647. The molecule has 2 atom stereocenters. The molecular weight excluding hydrogens is 270 g/mol. The van der Waals surface area contributed by atoms with Gasteiger partial charge in [0, 0.05) is 6.04 Å². The van der Waals surface area contributed by atoms with E-state index in [0.717, 1.165) is 25.1 Å². The van der Waals surface area contributed by atoms with Crippen LogP contribution in [0.1, 0.15) is 51.9 Å². The lowest BCUT2D eigenvalue weighted by Crippen LogP contribution is -2.44. The van der Waals surface area contributed by atoms with E-state index < -0.39 is 0 Å². The number of halogens is 1. The number of nitrogens with one attached hydrogen (secondary N) is 1. The standard InChI is InChI=1S/C17H26ClNO/c1-2-13-19-15-10-5-3-4-6-12-17(15)20-16-11-8-7-9-14(16)18/h7-9,11,15,17,19H,2-6,10,12-13H2,1H3. The van der Waals surface area contributed by atoms with Crippen LogP contribution in [-0.4, -0.2) is 18.7 Å². The summed E-state index contributed by atoms with van der Waals surface area (Å²) in [4.78, 5) is 0. The van der Waals surface area contributed by atoms with E-state index in [1.165, 1.54) is 32.1 Å². The summed E-state index contributed by atoms with van der Waals surface area (Å²) in [5.41, 5.74) is 0. The van der Waals surface area contributed by atoms with Gasteiger partial charge >= 0.3 is 0 Å². The van der Waals surface area contributed by atoms with Crippen LogP contribution in [0.4, 0.5) is 0 Å². The van der Waals surface area contributed by atoms with Crippen LogP contribution < -0.4 is 10.1 Å². The van der Waals surface area contributed by atoms with Gasteiger partial charge in [-0.15, -0.1) is 0 Å². The zero-order valence-electron chi connectivity index (χ0n) is 12.4. The Morgan fingerprint density at radius 1 is 1.15 bits per heavy atom. The van der Waals surface area contributed by atoms with Crippen molar-refractivity contribution in [3.05, 3.63) is 29.3 Å². The largest absolute Gasteiger partial charge is 0.487 e. The number of benzene rings is 1. The van der Waals surface area contributed by atoms with Crippen molar-refractivity contribution in [1.82, 2.24) is 5.32 Å². The first-order valence-electron chi connectivity index (χ1n) is 7.96. The first-order valence-corrected chi connectivity index (χ1v) is 8.33. The maximum absolute atomic E-state index is 6.24. The van der Waals surface area contributed by atoms with E-state index in [1.807, 2.05) is 24.3 Å². The fourth-order valence-electron chi connectivity index (χ4n) is 2.86. The molecule has 2 unspecified atom stereocenters. The second kappa shape index (κ2) is 8.53. The van der Waals surface area contributed by atoms with Gasteiger partial charge in [0.15, 0.2) is 0 Å². The molecule has 3 heteroatoms. The lowest BCUT2D eigenvalue weighted by atomic mass is 9.94. The molecule has 1 fully saturated rings. The predicted octanol–water partition coefficient (Wildman–Crippen LogP) is 4.81. The highest BCUT2D eigenvalue weighted by Gasteiger charge is 2.24. The van der Waals surface area contributed by atoms with Crippen molar-refractivity contribution in [1.29, 1.82) is 0 Å².